The van der Waals surface area contributed by atoms with Crippen molar-refractivity contribution in [1.29, 1.82) is 0 Å². The number of unbranched alkanes of at least 4 members (excludes halogenated alkanes) is 1. The summed E-state index contributed by atoms with van der Waals surface area (Å²) in [5.41, 5.74) is 0.789. The Morgan fingerprint density at radius 3 is 3.00 bits per heavy atom. The van der Waals surface area contributed by atoms with Gasteiger partial charge in [-0.15, -0.1) is 0 Å². The summed E-state index contributed by atoms with van der Waals surface area (Å²) >= 11 is 0. The Morgan fingerprint density at radius 2 is 2.44 bits per heavy atom. The minimum Gasteiger partial charge on any atom is -0.411 e. The number of nitrogens with one attached hydrogen (secondary N) is 1. The number of hydrogen-bond donors (Lipinski definition) is 2. The first-order valence-corrected chi connectivity index (χ1v) is 5.92. The molecule has 1 fully saturated rings. The van der Waals surface area contributed by atoms with Crippen LogP contribution in [0.4, 0.5) is 4.79 Å². The van der Waals surface area contributed by atoms with E-state index in [-0.39, 0.29) is 11.9 Å². The molecule has 0 saturated carbocycles. The highest BCUT2D eigenvalue weighted by molar-refractivity contribution is 5.88. The predicted molar refractivity (Wildman–Crippen MR) is 62.9 cm³/mol. The maximum absolute atomic E-state index is 11.7. The van der Waals surface area contributed by atoms with E-state index in [1.54, 1.807) is 4.90 Å². The number of hydrogen-bond acceptors (Lipinski definition) is 3. The Hall–Kier alpha value is -1.26. The molecule has 0 aliphatic carbocycles. The standard InChI is InChI=1S/C11H21N3O2/c1-3-4-6-12-11(15)14-7-5-10(13-16)9(2)8-14/h9,16H,3-8H2,1-2H3,(H,12,15). The molecule has 2 N–H and O–H groups in total. The fourth-order valence-corrected chi connectivity index (χ4v) is 1.84. The molecule has 1 heterocycles. The first-order valence-electron chi connectivity index (χ1n) is 5.92. The van der Waals surface area contributed by atoms with Gasteiger partial charge in [0.2, 0.25) is 0 Å². The molecular formula is C11H21N3O2. The summed E-state index contributed by atoms with van der Waals surface area (Å²) < 4.78 is 0. The summed E-state index contributed by atoms with van der Waals surface area (Å²) in [6, 6.07) is -0.00251. The monoisotopic (exact) mass is 227 g/mol. The molecule has 1 aliphatic rings. The Morgan fingerprint density at radius 1 is 1.69 bits per heavy atom. The second kappa shape index (κ2) is 6.35. The number of urea groups is 1. The molecule has 1 saturated heterocycles. The molecule has 1 unspecified atom stereocenters. The van der Waals surface area contributed by atoms with Crippen molar-refractivity contribution in [3.63, 3.8) is 0 Å². The van der Waals surface area contributed by atoms with Crippen molar-refractivity contribution >= 4 is 11.7 Å². The van der Waals surface area contributed by atoms with E-state index in [1.165, 1.54) is 0 Å². The predicted octanol–water partition coefficient (Wildman–Crippen LogP) is 1.67. The van der Waals surface area contributed by atoms with Crippen molar-refractivity contribution < 1.29 is 10.0 Å². The molecule has 0 aromatic heterocycles. The second-order valence-electron chi connectivity index (χ2n) is 4.27. The number of carbonyl (C=O) groups excluding carboxylic acids is 1. The second-order valence-corrected chi connectivity index (χ2v) is 4.27. The molecule has 0 aromatic carbocycles. The lowest BCUT2D eigenvalue weighted by atomic mass is 9.98. The van der Waals surface area contributed by atoms with Crippen LogP contribution < -0.4 is 5.32 Å². The molecule has 1 atom stereocenters. The molecule has 0 spiro atoms. The summed E-state index contributed by atoms with van der Waals surface area (Å²) in [6.45, 7) is 6.08. The van der Waals surface area contributed by atoms with E-state index in [0.29, 0.717) is 19.5 Å². The van der Waals surface area contributed by atoms with Crippen LogP contribution in [0.25, 0.3) is 0 Å². The highest BCUT2D eigenvalue weighted by Crippen LogP contribution is 2.13. The number of carbonyl (C=O) groups is 1. The quantitative estimate of drug-likeness (QED) is 0.437. The molecule has 1 rings (SSSR count). The van der Waals surface area contributed by atoms with Gasteiger partial charge in [0.15, 0.2) is 0 Å². The van der Waals surface area contributed by atoms with Gasteiger partial charge in [0.1, 0.15) is 0 Å². The van der Waals surface area contributed by atoms with Crippen molar-refractivity contribution in [2.75, 3.05) is 19.6 Å². The van der Waals surface area contributed by atoms with E-state index < -0.39 is 0 Å². The number of oxime groups is 1. The smallest absolute Gasteiger partial charge is 0.317 e. The van der Waals surface area contributed by atoms with E-state index >= 15 is 0 Å². The third-order valence-corrected chi connectivity index (χ3v) is 2.92. The van der Waals surface area contributed by atoms with E-state index in [4.69, 9.17) is 5.21 Å². The van der Waals surface area contributed by atoms with Gasteiger partial charge in [-0.25, -0.2) is 4.79 Å². The highest BCUT2D eigenvalue weighted by atomic mass is 16.4. The van der Waals surface area contributed by atoms with Gasteiger partial charge in [-0.3, -0.25) is 0 Å². The van der Waals surface area contributed by atoms with Gasteiger partial charge in [0, 0.05) is 32.0 Å². The van der Waals surface area contributed by atoms with Gasteiger partial charge in [-0.05, 0) is 6.42 Å². The minimum absolute atomic E-state index is 0.00251. The van der Waals surface area contributed by atoms with Crippen LogP contribution in [-0.4, -0.2) is 41.5 Å². The van der Waals surface area contributed by atoms with E-state index in [9.17, 15) is 4.79 Å². The Bertz CT molecular complexity index is 266. The number of rotatable bonds is 3. The van der Waals surface area contributed by atoms with E-state index in [0.717, 1.165) is 25.1 Å². The number of amides is 2. The first-order chi connectivity index (χ1) is 7.69. The lowest BCUT2D eigenvalue weighted by molar-refractivity contribution is 0.189. The summed E-state index contributed by atoms with van der Waals surface area (Å²) in [6.07, 6.45) is 2.76. The van der Waals surface area contributed by atoms with Crippen molar-refractivity contribution in [2.24, 2.45) is 11.1 Å². The molecule has 92 valence electrons. The molecule has 0 aromatic rings. The largest absolute Gasteiger partial charge is 0.411 e. The summed E-state index contributed by atoms with van der Waals surface area (Å²) in [5, 5.41) is 14.9. The van der Waals surface area contributed by atoms with Crippen LogP contribution in [-0.2, 0) is 0 Å². The average molecular weight is 227 g/mol. The summed E-state index contributed by atoms with van der Waals surface area (Å²) in [4.78, 5) is 13.5. The fourth-order valence-electron chi connectivity index (χ4n) is 1.84. The van der Waals surface area contributed by atoms with Gasteiger partial charge in [0.25, 0.3) is 0 Å². The van der Waals surface area contributed by atoms with Gasteiger partial charge in [0.05, 0.1) is 5.71 Å². The number of likely N-dealkylation sites (tertiary alicyclic amines) is 1. The summed E-state index contributed by atoms with van der Waals surface area (Å²) in [5.74, 6) is 0.149. The van der Waals surface area contributed by atoms with Crippen LogP contribution in [0.5, 0.6) is 0 Å². The molecular weight excluding hydrogens is 206 g/mol. The maximum Gasteiger partial charge on any atom is 0.317 e. The zero-order valence-electron chi connectivity index (χ0n) is 10.1. The lowest BCUT2D eigenvalue weighted by Crippen LogP contribution is -2.47. The average Bonchev–Trinajstić information content (AvgIpc) is 2.29. The maximum atomic E-state index is 11.7. The van der Waals surface area contributed by atoms with Crippen molar-refractivity contribution in [3.8, 4) is 0 Å². The third-order valence-electron chi connectivity index (χ3n) is 2.92. The minimum atomic E-state index is -0.00251. The molecule has 5 nitrogen and oxygen atoms in total. The van der Waals surface area contributed by atoms with Crippen LogP contribution in [0, 0.1) is 5.92 Å². The van der Waals surface area contributed by atoms with Crippen molar-refractivity contribution in [1.82, 2.24) is 10.2 Å². The first kappa shape index (κ1) is 12.8. The molecule has 5 heteroatoms. The summed E-state index contributed by atoms with van der Waals surface area (Å²) in [7, 11) is 0. The van der Waals surface area contributed by atoms with Crippen LogP contribution >= 0.6 is 0 Å². The van der Waals surface area contributed by atoms with Crippen molar-refractivity contribution in [3.05, 3.63) is 0 Å². The number of piperidine rings is 1. The van der Waals surface area contributed by atoms with Crippen LogP contribution in [0.1, 0.15) is 33.1 Å². The van der Waals surface area contributed by atoms with E-state index in [1.807, 2.05) is 6.92 Å². The van der Waals surface area contributed by atoms with Crippen LogP contribution in [0.15, 0.2) is 5.16 Å². The fraction of sp³-hybridized carbons (Fsp3) is 0.818. The highest BCUT2D eigenvalue weighted by Gasteiger charge is 2.25. The third kappa shape index (κ3) is 3.40. The Balaban J connectivity index is 2.36. The van der Waals surface area contributed by atoms with Crippen LogP contribution in [0.2, 0.25) is 0 Å². The number of nitrogens with zero attached hydrogens (tertiary/aromatic N) is 2. The zero-order valence-corrected chi connectivity index (χ0v) is 10.1. The normalized spacial score (nSPS) is 23.5. The van der Waals surface area contributed by atoms with Gasteiger partial charge < -0.3 is 15.4 Å². The zero-order chi connectivity index (χ0) is 12.0. The van der Waals surface area contributed by atoms with Gasteiger partial charge in [-0.1, -0.05) is 25.4 Å². The van der Waals surface area contributed by atoms with Gasteiger partial charge >= 0.3 is 6.03 Å². The lowest BCUT2D eigenvalue weighted by Gasteiger charge is -2.31. The van der Waals surface area contributed by atoms with E-state index in [2.05, 4.69) is 17.4 Å². The molecule has 1 aliphatic heterocycles. The Labute approximate surface area is 96.5 Å². The SMILES string of the molecule is CCCCNC(=O)N1CCC(=NO)C(C)C1. The molecule has 0 bridgehead atoms. The van der Waals surface area contributed by atoms with Gasteiger partial charge in [-0.2, -0.15) is 0 Å². The molecule has 2 amide bonds. The topological polar surface area (TPSA) is 64.9 Å². The molecule has 0 radical (unpaired) electrons. The Kier molecular flexibility index (Phi) is 5.08. The molecule has 16 heavy (non-hydrogen) atoms. The van der Waals surface area contributed by atoms with Crippen LogP contribution in [0.3, 0.4) is 0 Å². The van der Waals surface area contributed by atoms with Crippen molar-refractivity contribution in [2.45, 2.75) is 33.1 Å².